The largest absolute Gasteiger partial charge is 0.506 e. The maximum absolute atomic E-state index is 12.2. The lowest BCUT2D eigenvalue weighted by atomic mass is 10.0. The van der Waals surface area contributed by atoms with Crippen LogP contribution in [0.1, 0.15) is 10.4 Å². The molecule has 0 atom stereocenters. The van der Waals surface area contributed by atoms with E-state index in [-0.39, 0.29) is 17.9 Å². The molecule has 1 N–H and O–H groups in total. The summed E-state index contributed by atoms with van der Waals surface area (Å²) >= 11 is 0. The summed E-state index contributed by atoms with van der Waals surface area (Å²) in [7, 11) is 2.74. The highest BCUT2D eigenvalue weighted by Crippen LogP contribution is 2.29. The van der Waals surface area contributed by atoms with E-state index in [1.807, 2.05) is 12.1 Å². The van der Waals surface area contributed by atoms with E-state index in [2.05, 4.69) is 4.74 Å². The quantitative estimate of drug-likeness (QED) is 0.866. The third kappa shape index (κ3) is 2.56. The Morgan fingerprint density at radius 2 is 1.90 bits per heavy atom. The van der Waals surface area contributed by atoms with Gasteiger partial charge in [0.25, 0.3) is 5.91 Å². The highest BCUT2D eigenvalue weighted by molar-refractivity contribution is 6.04. The van der Waals surface area contributed by atoms with Crippen molar-refractivity contribution in [3.63, 3.8) is 0 Å². The van der Waals surface area contributed by atoms with E-state index in [0.29, 0.717) is 5.39 Å². The zero-order valence-corrected chi connectivity index (χ0v) is 11.3. The van der Waals surface area contributed by atoms with Crippen LogP contribution < -0.4 is 0 Å². The molecule has 104 valence electrons. The molecule has 0 unspecified atom stereocenters. The smallest absolute Gasteiger partial charge is 0.325 e. The van der Waals surface area contributed by atoms with Gasteiger partial charge >= 0.3 is 5.97 Å². The van der Waals surface area contributed by atoms with E-state index < -0.39 is 11.9 Å². The zero-order chi connectivity index (χ0) is 14.7. The number of benzene rings is 2. The van der Waals surface area contributed by atoms with Gasteiger partial charge in [0.15, 0.2) is 0 Å². The van der Waals surface area contributed by atoms with E-state index in [9.17, 15) is 14.7 Å². The molecule has 5 heteroatoms. The SMILES string of the molecule is COC(=O)CN(C)C(=O)c1ccc2ccccc2c1O. The van der Waals surface area contributed by atoms with Gasteiger partial charge in [0.05, 0.1) is 12.7 Å². The van der Waals surface area contributed by atoms with E-state index in [0.717, 1.165) is 5.39 Å². The number of fused-ring (bicyclic) bond motifs is 1. The fourth-order valence-electron chi connectivity index (χ4n) is 1.96. The summed E-state index contributed by atoms with van der Waals surface area (Å²) in [5, 5.41) is 11.6. The number of methoxy groups -OCH3 is 1. The maximum atomic E-state index is 12.2. The number of aromatic hydroxyl groups is 1. The molecule has 2 aromatic rings. The topological polar surface area (TPSA) is 66.8 Å². The van der Waals surface area contributed by atoms with Crippen molar-refractivity contribution >= 4 is 22.6 Å². The normalized spacial score (nSPS) is 10.3. The number of hydrogen-bond acceptors (Lipinski definition) is 4. The van der Waals surface area contributed by atoms with Crippen LogP contribution in [-0.2, 0) is 9.53 Å². The van der Waals surface area contributed by atoms with Crippen LogP contribution in [0.3, 0.4) is 0 Å². The zero-order valence-electron chi connectivity index (χ0n) is 11.3. The Balaban J connectivity index is 2.35. The molecule has 1 amide bonds. The van der Waals surface area contributed by atoms with Gasteiger partial charge in [0, 0.05) is 12.4 Å². The van der Waals surface area contributed by atoms with E-state index in [1.165, 1.54) is 19.1 Å². The lowest BCUT2D eigenvalue weighted by molar-refractivity contribution is -0.141. The summed E-state index contributed by atoms with van der Waals surface area (Å²) in [4.78, 5) is 24.6. The van der Waals surface area contributed by atoms with E-state index in [1.54, 1.807) is 24.3 Å². The van der Waals surface area contributed by atoms with Crippen molar-refractivity contribution in [1.29, 1.82) is 0 Å². The number of rotatable bonds is 3. The van der Waals surface area contributed by atoms with Crippen molar-refractivity contribution in [2.45, 2.75) is 0 Å². The highest BCUT2D eigenvalue weighted by Gasteiger charge is 2.19. The molecular formula is C15H15NO4. The summed E-state index contributed by atoms with van der Waals surface area (Å²) in [6.07, 6.45) is 0. The number of carbonyl (C=O) groups excluding carboxylic acids is 2. The minimum atomic E-state index is -0.513. The first-order valence-corrected chi connectivity index (χ1v) is 6.07. The number of phenolic OH excluding ortho intramolecular Hbond substituents is 1. The lowest BCUT2D eigenvalue weighted by Gasteiger charge is -2.17. The molecule has 20 heavy (non-hydrogen) atoms. The van der Waals surface area contributed by atoms with Crippen molar-refractivity contribution in [1.82, 2.24) is 4.90 Å². The minimum absolute atomic E-state index is 0.0789. The third-order valence-electron chi connectivity index (χ3n) is 3.07. The molecule has 0 saturated heterocycles. The molecule has 0 heterocycles. The van der Waals surface area contributed by atoms with Crippen LogP contribution in [0.4, 0.5) is 0 Å². The third-order valence-corrected chi connectivity index (χ3v) is 3.07. The number of ether oxygens (including phenoxy) is 1. The maximum Gasteiger partial charge on any atom is 0.325 e. The average molecular weight is 273 g/mol. The Morgan fingerprint density at radius 3 is 2.60 bits per heavy atom. The fourth-order valence-corrected chi connectivity index (χ4v) is 1.96. The van der Waals surface area contributed by atoms with Crippen LogP contribution >= 0.6 is 0 Å². The second-order valence-electron chi connectivity index (χ2n) is 4.42. The molecule has 2 rings (SSSR count). The molecule has 2 aromatic carbocycles. The lowest BCUT2D eigenvalue weighted by Crippen LogP contribution is -2.32. The Kier molecular flexibility index (Phi) is 3.89. The van der Waals surface area contributed by atoms with Crippen molar-refractivity contribution in [2.24, 2.45) is 0 Å². The Bertz CT molecular complexity index is 666. The second kappa shape index (κ2) is 5.61. The highest BCUT2D eigenvalue weighted by atomic mass is 16.5. The van der Waals surface area contributed by atoms with Gasteiger partial charge in [0.2, 0.25) is 0 Å². The van der Waals surface area contributed by atoms with Gasteiger partial charge in [-0.15, -0.1) is 0 Å². The van der Waals surface area contributed by atoms with Crippen LogP contribution in [0.25, 0.3) is 10.8 Å². The van der Waals surface area contributed by atoms with Crippen molar-refractivity contribution in [2.75, 3.05) is 20.7 Å². The predicted molar refractivity (Wildman–Crippen MR) is 74.6 cm³/mol. The van der Waals surface area contributed by atoms with Gasteiger partial charge in [-0.05, 0) is 11.5 Å². The molecular weight excluding hydrogens is 258 g/mol. The van der Waals surface area contributed by atoms with Crippen LogP contribution in [-0.4, -0.2) is 42.6 Å². The molecule has 0 aliphatic carbocycles. The summed E-state index contributed by atoms with van der Waals surface area (Å²) in [6, 6.07) is 10.5. The first-order chi connectivity index (χ1) is 9.54. The Labute approximate surface area is 116 Å². The number of esters is 1. The molecule has 5 nitrogen and oxygen atoms in total. The van der Waals surface area contributed by atoms with Gasteiger partial charge in [-0.2, -0.15) is 0 Å². The molecule has 0 fully saturated rings. The minimum Gasteiger partial charge on any atom is -0.506 e. The van der Waals surface area contributed by atoms with Crippen LogP contribution in [0.15, 0.2) is 36.4 Å². The number of likely N-dealkylation sites (N-methyl/N-ethyl adjacent to an activating group) is 1. The molecule has 0 bridgehead atoms. The van der Waals surface area contributed by atoms with Crippen molar-refractivity contribution in [3.05, 3.63) is 42.0 Å². The van der Waals surface area contributed by atoms with Gasteiger partial charge < -0.3 is 14.7 Å². The first kappa shape index (κ1) is 13.9. The van der Waals surface area contributed by atoms with Gasteiger partial charge in [-0.1, -0.05) is 30.3 Å². The van der Waals surface area contributed by atoms with E-state index >= 15 is 0 Å². The predicted octanol–water partition coefficient (Wildman–Crippen LogP) is 1.79. The van der Waals surface area contributed by atoms with Crippen LogP contribution in [0.5, 0.6) is 5.75 Å². The first-order valence-electron chi connectivity index (χ1n) is 6.07. The summed E-state index contributed by atoms with van der Waals surface area (Å²) < 4.78 is 4.51. The molecule has 0 aliphatic heterocycles. The van der Waals surface area contributed by atoms with Gasteiger partial charge in [-0.25, -0.2) is 0 Å². The Hall–Kier alpha value is -2.56. The van der Waals surface area contributed by atoms with E-state index in [4.69, 9.17) is 0 Å². The fraction of sp³-hybridized carbons (Fsp3) is 0.200. The molecule has 0 spiro atoms. The molecule has 0 saturated carbocycles. The monoisotopic (exact) mass is 273 g/mol. The average Bonchev–Trinajstić information content (AvgIpc) is 2.47. The van der Waals surface area contributed by atoms with Crippen molar-refractivity contribution < 1.29 is 19.4 Å². The van der Waals surface area contributed by atoms with Gasteiger partial charge in [-0.3, -0.25) is 9.59 Å². The number of hydrogen-bond donors (Lipinski definition) is 1. The summed E-state index contributed by atoms with van der Waals surface area (Å²) in [6.45, 7) is -0.165. The second-order valence-corrected chi connectivity index (χ2v) is 4.42. The van der Waals surface area contributed by atoms with Gasteiger partial charge in [0.1, 0.15) is 12.3 Å². The Morgan fingerprint density at radius 1 is 1.20 bits per heavy atom. The molecule has 0 radical (unpaired) electrons. The van der Waals surface area contributed by atoms with Crippen LogP contribution in [0, 0.1) is 0 Å². The summed E-state index contributed by atoms with van der Waals surface area (Å²) in [5.41, 5.74) is 0.162. The summed E-state index contributed by atoms with van der Waals surface area (Å²) in [5.74, 6) is -1.02. The van der Waals surface area contributed by atoms with Crippen molar-refractivity contribution in [3.8, 4) is 5.75 Å². The van der Waals surface area contributed by atoms with Crippen LogP contribution in [0.2, 0.25) is 0 Å². The number of amides is 1. The number of carbonyl (C=O) groups is 2. The molecule has 0 aliphatic rings. The molecule has 0 aromatic heterocycles. The standard InChI is InChI=1S/C15H15NO4/c1-16(9-13(17)20-2)15(19)12-8-7-10-5-3-4-6-11(10)14(12)18/h3-8,18H,9H2,1-2H3. The number of nitrogens with zero attached hydrogens (tertiary/aromatic N) is 1. The number of phenols is 1.